The van der Waals surface area contributed by atoms with E-state index in [4.69, 9.17) is 4.74 Å². The fraction of sp³-hybridized carbons (Fsp3) is 0.348. The van der Waals surface area contributed by atoms with Crippen molar-refractivity contribution in [3.8, 4) is 10.7 Å². The number of amides is 1. The van der Waals surface area contributed by atoms with Crippen LogP contribution in [0, 0.1) is 5.92 Å². The molecule has 0 bridgehead atoms. The van der Waals surface area contributed by atoms with Gasteiger partial charge in [-0.2, -0.15) is 0 Å². The van der Waals surface area contributed by atoms with Crippen molar-refractivity contribution in [3.63, 3.8) is 0 Å². The first-order valence-corrected chi connectivity index (χ1v) is 12.4. The Hall–Kier alpha value is -2.98. The van der Waals surface area contributed by atoms with E-state index in [1.807, 2.05) is 42.9 Å². The molecular formula is C23H26N4O4S2. The van der Waals surface area contributed by atoms with Gasteiger partial charge >= 0.3 is 5.97 Å². The number of anilines is 1. The third kappa shape index (κ3) is 7.00. The number of nitrogens with one attached hydrogen (secondary N) is 1. The van der Waals surface area contributed by atoms with E-state index in [-0.39, 0.29) is 30.0 Å². The SMILES string of the molecule is CCn1c(SCC(=O)OCC(=O)c2ccc(NC(=O)CC(C)C)cc2)nnc1-c1cccs1. The Kier molecular flexibility index (Phi) is 8.79. The molecule has 0 aliphatic heterocycles. The second-order valence-corrected chi connectivity index (χ2v) is 9.51. The highest BCUT2D eigenvalue weighted by atomic mass is 32.2. The molecule has 3 aromatic rings. The summed E-state index contributed by atoms with van der Waals surface area (Å²) in [6, 6.07) is 10.4. The molecule has 2 heterocycles. The van der Waals surface area contributed by atoms with Gasteiger partial charge in [0.25, 0.3) is 0 Å². The maximum absolute atomic E-state index is 12.3. The van der Waals surface area contributed by atoms with Gasteiger partial charge in [-0.15, -0.1) is 21.5 Å². The van der Waals surface area contributed by atoms with Crippen LogP contribution in [0.1, 0.15) is 37.6 Å². The lowest BCUT2D eigenvalue weighted by molar-refractivity contribution is -0.139. The summed E-state index contributed by atoms with van der Waals surface area (Å²) in [6.07, 6.45) is 0.429. The van der Waals surface area contributed by atoms with Gasteiger partial charge in [0.1, 0.15) is 0 Å². The van der Waals surface area contributed by atoms with Crippen molar-refractivity contribution in [2.24, 2.45) is 5.92 Å². The van der Waals surface area contributed by atoms with Crippen molar-refractivity contribution in [1.29, 1.82) is 0 Å². The maximum atomic E-state index is 12.3. The number of thioether (sulfide) groups is 1. The minimum Gasteiger partial charge on any atom is -0.457 e. The number of nitrogens with zero attached hydrogens (tertiary/aromatic N) is 3. The molecule has 1 amide bonds. The van der Waals surface area contributed by atoms with Gasteiger partial charge in [-0.05, 0) is 48.6 Å². The van der Waals surface area contributed by atoms with E-state index < -0.39 is 5.97 Å². The minimum atomic E-state index is -0.505. The lowest BCUT2D eigenvalue weighted by Crippen LogP contribution is -2.16. The van der Waals surface area contributed by atoms with Gasteiger partial charge in [0.15, 0.2) is 23.4 Å². The zero-order valence-corrected chi connectivity index (χ0v) is 20.4. The number of ether oxygens (including phenoxy) is 1. The minimum absolute atomic E-state index is 0.0245. The number of thiophene rings is 1. The largest absolute Gasteiger partial charge is 0.457 e. The first-order valence-electron chi connectivity index (χ1n) is 10.6. The van der Waals surface area contributed by atoms with E-state index >= 15 is 0 Å². The highest BCUT2D eigenvalue weighted by molar-refractivity contribution is 7.99. The van der Waals surface area contributed by atoms with Crippen LogP contribution in [-0.4, -0.2) is 44.8 Å². The van der Waals surface area contributed by atoms with Gasteiger partial charge in [-0.3, -0.25) is 14.4 Å². The van der Waals surface area contributed by atoms with Gasteiger partial charge in [-0.25, -0.2) is 0 Å². The summed E-state index contributed by atoms with van der Waals surface area (Å²) in [5, 5.41) is 13.8. The van der Waals surface area contributed by atoms with E-state index in [0.29, 0.717) is 29.4 Å². The Balaban J connectivity index is 1.47. The van der Waals surface area contributed by atoms with E-state index in [2.05, 4.69) is 15.5 Å². The van der Waals surface area contributed by atoms with Crippen LogP contribution in [0.25, 0.3) is 10.7 Å². The zero-order valence-electron chi connectivity index (χ0n) is 18.7. The molecule has 174 valence electrons. The molecule has 0 fully saturated rings. The van der Waals surface area contributed by atoms with Crippen LogP contribution in [0.15, 0.2) is 46.9 Å². The number of rotatable bonds is 11. The summed E-state index contributed by atoms with van der Waals surface area (Å²) >= 11 is 2.80. The van der Waals surface area contributed by atoms with Crippen LogP contribution in [0.4, 0.5) is 5.69 Å². The summed E-state index contributed by atoms with van der Waals surface area (Å²) in [4.78, 5) is 37.3. The summed E-state index contributed by atoms with van der Waals surface area (Å²) in [5.74, 6) is 0.162. The molecule has 0 aliphatic rings. The second-order valence-electron chi connectivity index (χ2n) is 7.62. The smallest absolute Gasteiger partial charge is 0.316 e. The zero-order chi connectivity index (χ0) is 23.8. The molecule has 8 nitrogen and oxygen atoms in total. The van der Waals surface area contributed by atoms with Gasteiger partial charge in [0.05, 0.1) is 10.6 Å². The fourth-order valence-electron chi connectivity index (χ4n) is 2.99. The number of carbonyl (C=O) groups excluding carboxylic acids is 3. The Labute approximate surface area is 200 Å². The molecule has 0 atom stereocenters. The summed E-state index contributed by atoms with van der Waals surface area (Å²) in [7, 11) is 0. The molecule has 0 radical (unpaired) electrons. The summed E-state index contributed by atoms with van der Waals surface area (Å²) in [6.45, 7) is 6.25. The fourth-order valence-corrected chi connectivity index (χ4v) is 4.50. The van der Waals surface area contributed by atoms with Crippen LogP contribution in [0.5, 0.6) is 0 Å². The van der Waals surface area contributed by atoms with Crippen molar-refractivity contribution in [2.45, 2.75) is 38.9 Å². The number of benzene rings is 1. The second kappa shape index (κ2) is 11.8. The Morgan fingerprint density at radius 2 is 1.91 bits per heavy atom. The molecule has 0 spiro atoms. The van der Waals surface area contributed by atoms with Crippen molar-refractivity contribution in [1.82, 2.24) is 14.8 Å². The molecule has 2 aromatic heterocycles. The molecule has 1 aromatic carbocycles. The third-order valence-electron chi connectivity index (χ3n) is 4.54. The molecule has 0 saturated carbocycles. The van der Waals surface area contributed by atoms with E-state index in [0.717, 1.165) is 10.7 Å². The average molecular weight is 487 g/mol. The van der Waals surface area contributed by atoms with Gasteiger partial charge in [0.2, 0.25) is 5.91 Å². The van der Waals surface area contributed by atoms with Crippen molar-refractivity contribution in [2.75, 3.05) is 17.7 Å². The Bertz CT molecular complexity index is 1090. The predicted octanol–water partition coefficient (Wildman–Crippen LogP) is 4.53. The molecule has 1 N–H and O–H groups in total. The van der Waals surface area contributed by atoms with Crippen LogP contribution < -0.4 is 5.32 Å². The first kappa shape index (κ1) is 24.7. The van der Waals surface area contributed by atoms with Crippen LogP contribution in [0.3, 0.4) is 0 Å². The van der Waals surface area contributed by atoms with Gasteiger partial charge < -0.3 is 14.6 Å². The van der Waals surface area contributed by atoms with E-state index in [1.54, 1.807) is 35.6 Å². The number of esters is 1. The number of hydrogen-bond acceptors (Lipinski definition) is 8. The molecule has 33 heavy (non-hydrogen) atoms. The highest BCUT2D eigenvalue weighted by Gasteiger charge is 2.16. The predicted molar refractivity (Wildman–Crippen MR) is 130 cm³/mol. The van der Waals surface area contributed by atoms with Crippen LogP contribution in [0.2, 0.25) is 0 Å². The quantitative estimate of drug-likeness (QED) is 0.241. The molecule has 10 heteroatoms. The Morgan fingerprint density at radius 3 is 2.55 bits per heavy atom. The number of Topliss-reactive ketones (excluding diaryl/α,β-unsaturated/α-hetero) is 1. The normalized spacial score (nSPS) is 10.9. The topological polar surface area (TPSA) is 103 Å². The number of hydrogen-bond donors (Lipinski definition) is 1. The maximum Gasteiger partial charge on any atom is 0.316 e. The monoisotopic (exact) mass is 486 g/mol. The standard InChI is InChI=1S/C23H26N4O4S2/c1-4-27-22(19-6-5-11-32-19)25-26-23(27)33-14-21(30)31-13-18(28)16-7-9-17(10-8-16)24-20(29)12-15(2)3/h5-11,15H,4,12-14H2,1-3H3,(H,24,29). The van der Waals surface area contributed by atoms with E-state index in [9.17, 15) is 14.4 Å². The number of carbonyl (C=O) groups is 3. The molecule has 0 saturated heterocycles. The summed E-state index contributed by atoms with van der Waals surface area (Å²) < 4.78 is 7.08. The van der Waals surface area contributed by atoms with Crippen LogP contribution in [-0.2, 0) is 20.9 Å². The van der Waals surface area contributed by atoms with Gasteiger partial charge in [-0.1, -0.05) is 31.7 Å². The molecule has 0 unspecified atom stereocenters. The van der Waals surface area contributed by atoms with Crippen molar-refractivity contribution < 1.29 is 19.1 Å². The lowest BCUT2D eigenvalue weighted by Gasteiger charge is -2.08. The molecule has 3 rings (SSSR count). The molecule has 0 aliphatic carbocycles. The van der Waals surface area contributed by atoms with Crippen LogP contribution >= 0.6 is 23.1 Å². The van der Waals surface area contributed by atoms with Gasteiger partial charge in [0, 0.05) is 24.2 Å². The van der Waals surface area contributed by atoms with Crippen molar-refractivity contribution >= 4 is 46.4 Å². The number of aromatic nitrogens is 3. The lowest BCUT2D eigenvalue weighted by atomic mass is 10.1. The van der Waals surface area contributed by atoms with E-state index in [1.165, 1.54) is 11.8 Å². The highest BCUT2D eigenvalue weighted by Crippen LogP contribution is 2.27. The third-order valence-corrected chi connectivity index (χ3v) is 6.35. The Morgan fingerprint density at radius 1 is 1.15 bits per heavy atom. The molecular weight excluding hydrogens is 460 g/mol. The average Bonchev–Trinajstić information content (AvgIpc) is 3.45. The van der Waals surface area contributed by atoms with Crippen molar-refractivity contribution in [3.05, 3.63) is 47.3 Å². The summed E-state index contributed by atoms with van der Waals surface area (Å²) in [5.41, 5.74) is 1.02. The first-order chi connectivity index (χ1) is 15.9. The number of ketones is 1.